The molecule has 0 unspecified atom stereocenters. The van der Waals surface area contributed by atoms with Gasteiger partial charge in [0, 0.05) is 25.0 Å². The van der Waals surface area contributed by atoms with E-state index in [1.807, 2.05) is 32.0 Å². The van der Waals surface area contributed by atoms with E-state index in [0.717, 1.165) is 5.56 Å². The van der Waals surface area contributed by atoms with E-state index < -0.39 is 0 Å². The van der Waals surface area contributed by atoms with Crippen LogP contribution in [0.5, 0.6) is 11.5 Å². The third-order valence-electron chi connectivity index (χ3n) is 3.48. The summed E-state index contributed by atoms with van der Waals surface area (Å²) >= 11 is 0. The number of carbonyl (C=O) groups excluding carboxylic acids is 1. The van der Waals surface area contributed by atoms with Crippen LogP contribution < -0.4 is 20.1 Å². The molecule has 0 aliphatic heterocycles. The minimum Gasteiger partial charge on any atom is -0.493 e. The Labute approximate surface area is 147 Å². The first-order chi connectivity index (χ1) is 12.0. The molecule has 0 fully saturated rings. The summed E-state index contributed by atoms with van der Waals surface area (Å²) in [4.78, 5) is 20.4. The van der Waals surface area contributed by atoms with Crippen molar-refractivity contribution in [2.75, 3.05) is 26.1 Å². The van der Waals surface area contributed by atoms with E-state index in [2.05, 4.69) is 20.6 Å². The smallest absolute Gasteiger partial charge is 0.254 e. The molecular formula is C18H24N4O3. The molecule has 0 spiro atoms. The van der Waals surface area contributed by atoms with Gasteiger partial charge in [-0.1, -0.05) is 6.07 Å². The molecule has 0 aliphatic rings. The number of benzene rings is 1. The molecule has 2 rings (SSSR count). The Hall–Kier alpha value is -2.83. The number of hydrogen-bond donors (Lipinski definition) is 2. The summed E-state index contributed by atoms with van der Waals surface area (Å²) in [6, 6.07) is 5.94. The zero-order valence-electron chi connectivity index (χ0n) is 15.0. The average Bonchev–Trinajstić information content (AvgIpc) is 2.61. The second kappa shape index (κ2) is 8.86. The molecule has 2 N–H and O–H groups in total. The fourth-order valence-corrected chi connectivity index (χ4v) is 2.24. The predicted octanol–water partition coefficient (Wildman–Crippen LogP) is 2.29. The standard InChI is InChI=1S/C18H24N4O3/c1-12(2)22-18-20-10-14(11-21-18)17(23)19-8-7-13-5-6-15(24-3)16(9-13)25-4/h5-6,9-12H,7-8H2,1-4H3,(H,19,23)(H,20,21,22). The van der Waals surface area contributed by atoms with Gasteiger partial charge in [-0.25, -0.2) is 9.97 Å². The fraction of sp³-hybridized carbons (Fsp3) is 0.389. The van der Waals surface area contributed by atoms with Gasteiger partial charge in [-0.2, -0.15) is 0 Å². The number of amides is 1. The summed E-state index contributed by atoms with van der Waals surface area (Å²) in [5, 5.41) is 5.94. The van der Waals surface area contributed by atoms with Gasteiger partial charge in [0.2, 0.25) is 5.95 Å². The van der Waals surface area contributed by atoms with E-state index in [4.69, 9.17) is 9.47 Å². The van der Waals surface area contributed by atoms with E-state index in [0.29, 0.717) is 36.0 Å². The van der Waals surface area contributed by atoms with Gasteiger partial charge in [-0.05, 0) is 38.0 Å². The highest BCUT2D eigenvalue weighted by Gasteiger charge is 2.08. The van der Waals surface area contributed by atoms with Crippen LogP contribution in [0.1, 0.15) is 29.8 Å². The Morgan fingerprint density at radius 2 is 1.80 bits per heavy atom. The van der Waals surface area contributed by atoms with Crippen LogP contribution in [0, 0.1) is 0 Å². The Bertz CT molecular complexity index is 702. The number of ether oxygens (including phenoxy) is 2. The predicted molar refractivity (Wildman–Crippen MR) is 96.4 cm³/mol. The molecule has 0 saturated heterocycles. The molecule has 0 bridgehead atoms. The van der Waals surface area contributed by atoms with Crippen LogP contribution in [-0.4, -0.2) is 42.7 Å². The molecule has 134 valence electrons. The van der Waals surface area contributed by atoms with Gasteiger partial charge in [-0.15, -0.1) is 0 Å². The topological polar surface area (TPSA) is 85.4 Å². The van der Waals surface area contributed by atoms with Crippen molar-refractivity contribution in [3.8, 4) is 11.5 Å². The number of aromatic nitrogens is 2. The number of nitrogens with one attached hydrogen (secondary N) is 2. The molecule has 2 aromatic rings. The summed E-state index contributed by atoms with van der Waals surface area (Å²) in [5.74, 6) is 1.67. The summed E-state index contributed by atoms with van der Waals surface area (Å²) < 4.78 is 10.5. The van der Waals surface area contributed by atoms with Crippen LogP contribution in [-0.2, 0) is 6.42 Å². The number of hydrogen-bond acceptors (Lipinski definition) is 6. The molecule has 25 heavy (non-hydrogen) atoms. The normalized spacial score (nSPS) is 10.4. The first kappa shape index (κ1) is 18.5. The van der Waals surface area contributed by atoms with Gasteiger partial charge in [0.15, 0.2) is 11.5 Å². The van der Waals surface area contributed by atoms with Crippen molar-refractivity contribution < 1.29 is 14.3 Å². The first-order valence-corrected chi connectivity index (χ1v) is 8.11. The van der Waals surface area contributed by atoms with E-state index in [1.54, 1.807) is 14.2 Å². The third-order valence-corrected chi connectivity index (χ3v) is 3.48. The minimum atomic E-state index is -0.198. The highest BCUT2D eigenvalue weighted by Crippen LogP contribution is 2.27. The molecule has 1 heterocycles. The molecular weight excluding hydrogens is 320 g/mol. The van der Waals surface area contributed by atoms with Crippen molar-refractivity contribution in [2.24, 2.45) is 0 Å². The third kappa shape index (κ3) is 5.34. The Balaban J connectivity index is 1.88. The van der Waals surface area contributed by atoms with E-state index in [1.165, 1.54) is 12.4 Å². The summed E-state index contributed by atoms with van der Waals surface area (Å²) in [6.45, 7) is 4.50. The Morgan fingerprint density at radius 3 is 2.40 bits per heavy atom. The average molecular weight is 344 g/mol. The van der Waals surface area contributed by atoms with Crippen LogP contribution in [0.2, 0.25) is 0 Å². The van der Waals surface area contributed by atoms with Crippen LogP contribution in [0.15, 0.2) is 30.6 Å². The van der Waals surface area contributed by atoms with Gasteiger partial charge in [0.1, 0.15) is 0 Å². The highest BCUT2D eigenvalue weighted by atomic mass is 16.5. The van der Waals surface area contributed by atoms with E-state index in [-0.39, 0.29) is 11.9 Å². The molecule has 1 amide bonds. The second-order valence-corrected chi connectivity index (χ2v) is 5.79. The van der Waals surface area contributed by atoms with Crippen LogP contribution in [0.3, 0.4) is 0 Å². The lowest BCUT2D eigenvalue weighted by Crippen LogP contribution is -2.26. The molecule has 7 nitrogen and oxygen atoms in total. The molecule has 1 aromatic carbocycles. The van der Waals surface area contributed by atoms with Crippen molar-refractivity contribution in [1.29, 1.82) is 0 Å². The maximum atomic E-state index is 12.1. The van der Waals surface area contributed by atoms with Gasteiger partial charge >= 0.3 is 0 Å². The number of anilines is 1. The summed E-state index contributed by atoms with van der Waals surface area (Å²) in [6.07, 6.45) is 3.72. The Kier molecular flexibility index (Phi) is 6.56. The van der Waals surface area contributed by atoms with Crippen molar-refractivity contribution in [1.82, 2.24) is 15.3 Å². The number of carbonyl (C=O) groups is 1. The minimum absolute atomic E-state index is 0.198. The van der Waals surface area contributed by atoms with E-state index >= 15 is 0 Å². The summed E-state index contributed by atoms with van der Waals surface area (Å²) in [5.41, 5.74) is 1.48. The van der Waals surface area contributed by atoms with Crippen LogP contribution in [0.4, 0.5) is 5.95 Å². The van der Waals surface area contributed by atoms with Crippen molar-refractivity contribution in [2.45, 2.75) is 26.3 Å². The molecule has 1 aromatic heterocycles. The van der Waals surface area contributed by atoms with E-state index in [9.17, 15) is 4.79 Å². The molecule has 0 saturated carbocycles. The number of rotatable bonds is 8. The lowest BCUT2D eigenvalue weighted by atomic mass is 10.1. The van der Waals surface area contributed by atoms with Gasteiger partial charge < -0.3 is 20.1 Å². The fourth-order valence-electron chi connectivity index (χ4n) is 2.24. The zero-order chi connectivity index (χ0) is 18.2. The van der Waals surface area contributed by atoms with Crippen molar-refractivity contribution in [3.63, 3.8) is 0 Å². The van der Waals surface area contributed by atoms with Gasteiger partial charge in [-0.3, -0.25) is 4.79 Å². The molecule has 7 heteroatoms. The largest absolute Gasteiger partial charge is 0.493 e. The quantitative estimate of drug-likeness (QED) is 0.764. The molecule has 0 atom stereocenters. The SMILES string of the molecule is COc1ccc(CCNC(=O)c2cnc(NC(C)C)nc2)cc1OC. The van der Waals surface area contributed by atoms with Crippen molar-refractivity contribution >= 4 is 11.9 Å². The number of nitrogens with zero attached hydrogens (tertiary/aromatic N) is 2. The lowest BCUT2D eigenvalue weighted by Gasteiger charge is -2.10. The first-order valence-electron chi connectivity index (χ1n) is 8.11. The lowest BCUT2D eigenvalue weighted by molar-refractivity contribution is 0.0953. The van der Waals surface area contributed by atoms with Crippen molar-refractivity contribution in [3.05, 3.63) is 41.7 Å². The van der Waals surface area contributed by atoms with Gasteiger partial charge in [0.25, 0.3) is 5.91 Å². The Morgan fingerprint density at radius 1 is 1.12 bits per heavy atom. The summed E-state index contributed by atoms with van der Waals surface area (Å²) in [7, 11) is 3.20. The number of methoxy groups -OCH3 is 2. The molecule has 0 aliphatic carbocycles. The van der Waals surface area contributed by atoms with Crippen LogP contribution in [0.25, 0.3) is 0 Å². The maximum absolute atomic E-state index is 12.1. The highest BCUT2D eigenvalue weighted by molar-refractivity contribution is 5.93. The second-order valence-electron chi connectivity index (χ2n) is 5.79. The maximum Gasteiger partial charge on any atom is 0.254 e. The van der Waals surface area contributed by atoms with Gasteiger partial charge in [0.05, 0.1) is 19.8 Å². The monoisotopic (exact) mass is 344 g/mol. The molecule has 0 radical (unpaired) electrons. The zero-order valence-corrected chi connectivity index (χ0v) is 15.0. The van der Waals surface area contributed by atoms with Crippen LogP contribution >= 0.6 is 0 Å².